The highest BCUT2D eigenvalue weighted by molar-refractivity contribution is 7.44. The number of ether oxygens (including phenoxy) is 4. The molecule has 1 aliphatic heterocycles. The van der Waals surface area contributed by atoms with Crippen molar-refractivity contribution in [3.63, 3.8) is 0 Å². The van der Waals surface area contributed by atoms with Crippen LogP contribution in [0.1, 0.15) is 57.0 Å². The summed E-state index contributed by atoms with van der Waals surface area (Å²) in [5, 5.41) is 9.25. The van der Waals surface area contributed by atoms with Crippen molar-refractivity contribution in [1.82, 2.24) is 14.2 Å². The van der Waals surface area contributed by atoms with E-state index in [4.69, 9.17) is 28.0 Å². The summed E-state index contributed by atoms with van der Waals surface area (Å²) in [6.45, 7) is 7.77. The van der Waals surface area contributed by atoms with Crippen LogP contribution in [0.2, 0.25) is 0 Å². The third-order valence-electron chi connectivity index (χ3n) is 8.90. The van der Waals surface area contributed by atoms with Crippen LogP contribution in [0.25, 0.3) is 0 Å². The van der Waals surface area contributed by atoms with Crippen LogP contribution in [0.4, 0.5) is 4.39 Å². The molecule has 12 nitrogen and oxygen atoms in total. The van der Waals surface area contributed by atoms with E-state index in [0.717, 1.165) is 27.3 Å². The first kappa shape index (κ1) is 39.8. The van der Waals surface area contributed by atoms with Gasteiger partial charge in [0.2, 0.25) is 0 Å². The summed E-state index contributed by atoms with van der Waals surface area (Å²) in [6.07, 6.45) is -4.44. The third-order valence-corrected chi connectivity index (χ3v) is 11.0. The summed E-state index contributed by atoms with van der Waals surface area (Å²) in [5.41, 5.74) is -0.435. The van der Waals surface area contributed by atoms with Crippen LogP contribution in [0.3, 0.4) is 0 Å². The number of hydrogen-bond acceptors (Lipinski definition) is 10. The van der Waals surface area contributed by atoms with E-state index in [1.165, 1.54) is 6.20 Å². The minimum atomic E-state index is -1.93. The maximum atomic E-state index is 16.9. The highest BCUT2D eigenvalue weighted by Gasteiger charge is 2.51. The zero-order valence-corrected chi connectivity index (χ0v) is 31.6. The monoisotopic (exact) mass is 748 g/mol. The number of nitrogens with zero attached hydrogens (tertiary/aromatic N) is 3. The summed E-state index contributed by atoms with van der Waals surface area (Å²) in [5.74, 6) is 1.30. The molecule has 4 aromatic rings. The lowest BCUT2D eigenvalue weighted by Crippen LogP contribution is -2.41. The van der Waals surface area contributed by atoms with E-state index in [0.29, 0.717) is 11.5 Å². The fourth-order valence-corrected chi connectivity index (χ4v) is 8.25. The molecule has 1 aromatic heterocycles. The minimum Gasteiger partial charge on any atom is -0.497 e. The molecule has 0 saturated carbocycles. The van der Waals surface area contributed by atoms with Gasteiger partial charge >= 0.3 is 5.69 Å². The Morgan fingerprint density at radius 3 is 1.98 bits per heavy atom. The molecule has 0 bridgehead atoms. The second kappa shape index (κ2) is 18.1. The number of benzene rings is 3. The van der Waals surface area contributed by atoms with Gasteiger partial charge < -0.3 is 28.0 Å². The molecular weight excluding hydrogens is 702 g/mol. The van der Waals surface area contributed by atoms with Gasteiger partial charge in [-0.1, -0.05) is 54.6 Å². The van der Waals surface area contributed by atoms with Crippen molar-refractivity contribution in [2.24, 2.45) is 0 Å². The van der Waals surface area contributed by atoms with E-state index in [-0.39, 0.29) is 31.7 Å². The van der Waals surface area contributed by atoms with Crippen molar-refractivity contribution in [3.8, 4) is 17.6 Å². The molecule has 282 valence electrons. The Morgan fingerprint density at radius 2 is 1.47 bits per heavy atom. The number of rotatable bonds is 17. The van der Waals surface area contributed by atoms with Gasteiger partial charge in [-0.3, -0.25) is 14.3 Å². The largest absolute Gasteiger partial charge is 0.497 e. The second-order valence-electron chi connectivity index (χ2n) is 13.0. The van der Waals surface area contributed by atoms with Crippen molar-refractivity contribution in [2.75, 3.05) is 27.4 Å². The highest BCUT2D eigenvalue weighted by Crippen LogP contribution is 2.51. The third kappa shape index (κ3) is 8.87. The molecule has 3 aromatic carbocycles. The average Bonchev–Trinajstić information content (AvgIpc) is 3.46. The molecule has 1 saturated heterocycles. The lowest BCUT2D eigenvalue weighted by molar-refractivity contribution is -0.0934. The number of halogens is 1. The van der Waals surface area contributed by atoms with Crippen LogP contribution >= 0.6 is 8.53 Å². The Morgan fingerprint density at radius 1 is 0.906 bits per heavy atom. The van der Waals surface area contributed by atoms with Crippen LogP contribution in [0.15, 0.2) is 101 Å². The van der Waals surface area contributed by atoms with Gasteiger partial charge in [-0.05, 0) is 68.7 Å². The first-order chi connectivity index (χ1) is 25.5. The molecule has 53 heavy (non-hydrogen) atoms. The minimum absolute atomic E-state index is 0.0632. The smallest absolute Gasteiger partial charge is 0.330 e. The molecule has 0 aliphatic carbocycles. The van der Waals surface area contributed by atoms with Crippen molar-refractivity contribution in [3.05, 3.63) is 129 Å². The number of H-pyrrole nitrogens is 1. The summed E-state index contributed by atoms with van der Waals surface area (Å²) in [4.78, 5) is 27.1. The molecule has 1 N–H and O–H groups in total. The molecule has 0 amide bonds. The van der Waals surface area contributed by atoms with E-state index < -0.39 is 50.0 Å². The number of methoxy groups -OCH3 is 2. The second-order valence-corrected chi connectivity index (χ2v) is 14.4. The molecule has 5 rings (SSSR count). The molecule has 1 aliphatic rings. The van der Waals surface area contributed by atoms with Gasteiger partial charge in [0.25, 0.3) is 14.1 Å². The number of nitrogens with one attached hydrogen (secondary N) is 1. The summed E-state index contributed by atoms with van der Waals surface area (Å²) >= 11 is 0. The Bertz CT molecular complexity index is 1860. The molecule has 0 spiro atoms. The Hall–Kier alpha value is -4.41. The van der Waals surface area contributed by atoms with E-state index in [9.17, 15) is 14.9 Å². The van der Waals surface area contributed by atoms with Gasteiger partial charge in [-0.2, -0.15) is 5.26 Å². The van der Waals surface area contributed by atoms with Crippen molar-refractivity contribution < 1.29 is 32.4 Å². The molecule has 0 radical (unpaired) electrons. The van der Waals surface area contributed by atoms with Gasteiger partial charge in [0.1, 0.15) is 29.3 Å². The van der Waals surface area contributed by atoms with Crippen LogP contribution in [0.5, 0.6) is 11.5 Å². The van der Waals surface area contributed by atoms with Crippen molar-refractivity contribution in [1.29, 1.82) is 5.26 Å². The predicted octanol–water partition coefficient (Wildman–Crippen LogP) is 6.46. The van der Waals surface area contributed by atoms with E-state index in [1.807, 2.05) is 111 Å². The average molecular weight is 749 g/mol. The normalized spacial score (nSPS) is 19.4. The van der Waals surface area contributed by atoms with Crippen LogP contribution in [0, 0.1) is 11.3 Å². The molecule has 2 heterocycles. The number of hydrogen-bond donors (Lipinski definition) is 1. The van der Waals surface area contributed by atoms with Gasteiger partial charge in [0.15, 0.2) is 12.4 Å². The lowest BCUT2D eigenvalue weighted by atomic mass is 9.80. The van der Waals surface area contributed by atoms with Crippen LogP contribution in [-0.2, 0) is 24.1 Å². The topological polar surface area (TPSA) is 137 Å². The molecule has 0 unspecified atom stereocenters. The molecular formula is C39H46FN4O8P. The Balaban J connectivity index is 1.62. The van der Waals surface area contributed by atoms with Gasteiger partial charge in [0, 0.05) is 24.3 Å². The number of aromatic amines is 1. The summed E-state index contributed by atoms with van der Waals surface area (Å²) in [6, 6.07) is 27.7. The van der Waals surface area contributed by atoms with E-state index in [1.54, 1.807) is 14.2 Å². The van der Waals surface area contributed by atoms with Crippen LogP contribution < -0.4 is 20.7 Å². The lowest BCUT2D eigenvalue weighted by Gasteiger charge is -2.39. The van der Waals surface area contributed by atoms with Crippen LogP contribution in [-0.4, -0.2) is 72.1 Å². The Kier molecular flexibility index (Phi) is 13.6. The predicted molar refractivity (Wildman–Crippen MR) is 198 cm³/mol. The number of nitriles is 1. The maximum Gasteiger partial charge on any atom is 0.330 e. The van der Waals surface area contributed by atoms with Gasteiger partial charge in [-0.25, -0.2) is 13.9 Å². The van der Waals surface area contributed by atoms with E-state index >= 15 is 4.39 Å². The molecule has 1 fully saturated rings. The molecule has 14 heteroatoms. The molecule has 5 atom stereocenters. The highest BCUT2D eigenvalue weighted by atomic mass is 31.2. The summed E-state index contributed by atoms with van der Waals surface area (Å²) < 4.78 is 57.0. The van der Waals surface area contributed by atoms with Crippen molar-refractivity contribution in [2.45, 2.75) is 76.4 Å². The van der Waals surface area contributed by atoms with Gasteiger partial charge in [-0.15, -0.1) is 0 Å². The zero-order valence-electron chi connectivity index (χ0n) is 30.7. The summed E-state index contributed by atoms with van der Waals surface area (Å²) in [7, 11) is 1.25. The number of alkyl halides is 1. The van der Waals surface area contributed by atoms with E-state index in [2.05, 4.69) is 11.1 Å². The zero-order chi connectivity index (χ0) is 38.1. The number of aromatic nitrogens is 2. The van der Waals surface area contributed by atoms with Crippen molar-refractivity contribution >= 4 is 8.53 Å². The standard InChI is InChI=1S/C39H46FN4O8P/c1-26(2)44(27(3)4)53(50-24-10-22-41)52-36-33(51-37(35(36)40)43-23-21-34(45)42-38(43)46)25-49-39(28-11-8-7-9-12-28,29-13-17-31(47-5)18-14-29)30-15-19-32(48-6)20-16-30/h7-9,11-21,23,26-27,33,35-37H,10,24-25H2,1-6H3,(H,42,45,46)/t33-,35-,36-,37-,53+/m1/s1. The quantitative estimate of drug-likeness (QED) is 0.0728. The van der Waals surface area contributed by atoms with Gasteiger partial charge in [0.05, 0.1) is 39.9 Å². The first-order valence-corrected chi connectivity index (χ1v) is 18.5. The Labute approximate surface area is 310 Å². The SMILES string of the molecule is COc1ccc(C(OC[C@H]2O[C@@H](n3ccc(=O)[nH]c3=O)[C@H](F)[C@@H]2O[P@](OCCC#N)N(C(C)C)C(C)C)(c2ccccc2)c2ccc(OC)cc2)cc1. The first-order valence-electron chi connectivity index (χ1n) is 17.4. The fraction of sp³-hybridized carbons (Fsp3) is 0.410. The fourth-order valence-electron chi connectivity index (χ4n) is 6.49. The maximum absolute atomic E-state index is 16.9.